The lowest BCUT2D eigenvalue weighted by Crippen LogP contribution is -2.59. The van der Waals surface area contributed by atoms with Gasteiger partial charge >= 0.3 is 6.18 Å². The van der Waals surface area contributed by atoms with Gasteiger partial charge in [-0.25, -0.2) is 8.70 Å². The first kappa shape index (κ1) is 22.8. The fourth-order valence-corrected chi connectivity index (χ4v) is 6.78. The first-order valence-corrected chi connectivity index (χ1v) is 12.6. The molecule has 0 aromatic heterocycles. The van der Waals surface area contributed by atoms with Crippen LogP contribution in [0, 0.1) is 11.2 Å². The van der Waals surface area contributed by atoms with E-state index >= 15 is 0 Å². The number of carbonyl (C=O) groups excluding carboxylic acids is 1. The van der Waals surface area contributed by atoms with Crippen molar-refractivity contribution in [2.45, 2.75) is 50.2 Å². The molecule has 0 radical (unpaired) electrons. The minimum Gasteiger partial charge on any atom is -0.347 e. The molecule has 1 heterocycles. The molecule has 5 rings (SSSR count). The number of anilines is 1. The van der Waals surface area contributed by atoms with Gasteiger partial charge in [0.05, 0.1) is 16.7 Å². The van der Waals surface area contributed by atoms with Crippen LogP contribution in [0.5, 0.6) is 0 Å². The zero-order chi connectivity index (χ0) is 22.3. The molecule has 1 aliphatic heterocycles. The predicted octanol–water partition coefficient (Wildman–Crippen LogP) is 4.25. The van der Waals surface area contributed by atoms with E-state index in [9.17, 15) is 26.6 Å². The van der Waals surface area contributed by atoms with E-state index in [1.807, 2.05) is 4.31 Å². The molecule has 1 aromatic carbocycles. The summed E-state index contributed by atoms with van der Waals surface area (Å²) in [7, 11) is -0.817. The average molecular weight is 480 g/mol. The van der Waals surface area contributed by atoms with Crippen molar-refractivity contribution in [3.05, 3.63) is 29.6 Å². The zero-order valence-corrected chi connectivity index (χ0v) is 18.5. The molecule has 172 valence electrons. The standard InChI is InChI=1S/C20H25F4N3O2S2/c21-14-1-2-15(16(13-14)26-30-27-9-11-31(29)12-10-27)17(28)25-19-6-3-18(4-7-19,5-8-19)20(22,23)24/h1-2,13,26H,3-12H2,(H,25,28). The highest BCUT2D eigenvalue weighted by molar-refractivity contribution is 7.98. The Hall–Kier alpha value is -1.33. The predicted molar refractivity (Wildman–Crippen MR) is 113 cm³/mol. The number of nitrogens with zero attached hydrogens (tertiary/aromatic N) is 1. The average Bonchev–Trinajstić information content (AvgIpc) is 2.73. The first-order valence-electron chi connectivity index (χ1n) is 10.3. The van der Waals surface area contributed by atoms with Crippen LogP contribution in [0.25, 0.3) is 0 Å². The largest absolute Gasteiger partial charge is 0.394 e. The minimum atomic E-state index is -4.21. The van der Waals surface area contributed by atoms with Crippen molar-refractivity contribution >= 4 is 34.5 Å². The Morgan fingerprint density at radius 2 is 1.68 bits per heavy atom. The van der Waals surface area contributed by atoms with Gasteiger partial charge in [-0.15, -0.1) is 0 Å². The summed E-state index contributed by atoms with van der Waals surface area (Å²) in [6.45, 7) is 1.23. The third-order valence-electron chi connectivity index (χ3n) is 6.87. The number of hydrogen-bond acceptors (Lipinski definition) is 5. The molecule has 4 fully saturated rings. The molecule has 1 amide bonds. The molecular weight excluding hydrogens is 454 g/mol. The summed E-state index contributed by atoms with van der Waals surface area (Å²) < 4.78 is 70.7. The van der Waals surface area contributed by atoms with E-state index < -0.39 is 39.7 Å². The Balaban J connectivity index is 1.43. The Kier molecular flexibility index (Phi) is 6.30. The number of hydrogen-bond donors (Lipinski definition) is 2. The summed E-state index contributed by atoms with van der Waals surface area (Å²) in [5.74, 6) is 0.215. The summed E-state index contributed by atoms with van der Waals surface area (Å²) in [5.41, 5.74) is -1.69. The molecule has 31 heavy (non-hydrogen) atoms. The second kappa shape index (κ2) is 8.55. The van der Waals surface area contributed by atoms with Gasteiger partial charge in [0.15, 0.2) is 0 Å². The van der Waals surface area contributed by atoms with Gasteiger partial charge in [-0.3, -0.25) is 9.00 Å². The number of carbonyl (C=O) groups is 1. The van der Waals surface area contributed by atoms with Crippen LogP contribution in [-0.4, -0.2) is 50.7 Å². The zero-order valence-electron chi connectivity index (χ0n) is 16.9. The van der Waals surface area contributed by atoms with Gasteiger partial charge in [0.1, 0.15) is 5.82 Å². The molecule has 5 nitrogen and oxygen atoms in total. The van der Waals surface area contributed by atoms with Gasteiger partial charge in [0.2, 0.25) is 0 Å². The normalized spacial score (nSPS) is 29.7. The second-order valence-corrected chi connectivity index (χ2v) is 11.3. The summed E-state index contributed by atoms with van der Waals surface area (Å²) in [6, 6.07) is 3.82. The fourth-order valence-electron chi connectivity index (χ4n) is 4.73. The van der Waals surface area contributed by atoms with Gasteiger partial charge < -0.3 is 10.0 Å². The van der Waals surface area contributed by atoms with Crippen LogP contribution in [0.2, 0.25) is 0 Å². The first-order chi connectivity index (χ1) is 14.6. The van der Waals surface area contributed by atoms with E-state index in [1.165, 1.54) is 30.3 Å². The van der Waals surface area contributed by atoms with Gasteiger partial charge in [0, 0.05) is 53.1 Å². The summed E-state index contributed by atoms with van der Waals surface area (Å²) in [4.78, 5) is 13.0. The second-order valence-electron chi connectivity index (χ2n) is 8.67. The van der Waals surface area contributed by atoms with Crippen molar-refractivity contribution in [2.75, 3.05) is 29.3 Å². The maximum Gasteiger partial charge on any atom is 0.394 e. The Morgan fingerprint density at radius 1 is 1.06 bits per heavy atom. The quantitative estimate of drug-likeness (QED) is 0.489. The molecule has 0 atom stereocenters. The maximum absolute atomic E-state index is 13.8. The van der Waals surface area contributed by atoms with Crippen LogP contribution in [0.4, 0.5) is 23.2 Å². The van der Waals surface area contributed by atoms with Crippen LogP contribution >= 0.6 is 12.1 Å². The smallest absolute Gasteiger partial charge is 0.347 e. The highest BCUT2D eigenvalue weighted by Gasteiger charge is 2.61. The molecule has 0 unspecified atom stereocenters. The number of halogens is 4. The third-order valence-corrected chi connectivity index (χ3v) is 9.08. The molecule has 0 spiro atoms. The molecule has 2 N–H and O–H groups in total. The number of rotatable bonds is 5. The summed E-state index contributed by atoms with van der Waals surface area (Å²) in [5, 5.41) is 2.98. The molecule has 2 bridgehead atoms. The Labute approximate surface area is 185 Å². The molecule has 3 saturated carbocycles. The molecular formula is C20H25F4N3O2S2. The van der Waals surface area contributed by atoms with E-state index in [0.29, 0.717) is 49.5 Å². The van der Waals surface area contributed by atoms with Crippen LogP contribution in [0.3, 0.4) is 0 Å². The lowest BCUT2D eigenvalue weighted by molar-refractivity contribution is -0.253. The maximum atomic E-state index is 13.8. The van der Waals surface area contributed by atoms with Crippen LogP contribution in [0.1, 0.15) is 48.9 Å². The van der Waals surface area contributed by atoms with E-state index in [4.69, 9.17) is 0 Å². The molecule has 4 aliphatic rings. The monoisotopic (exact) mass is 479 g/mol. The van der Waals surface area contributed by atoms with Gasteiger partial charge in [-0.05, 0) is 56.7 Å². The van der Waals surface area contributed by atoms with Gasteiger partial charge in [0.25, 0.3) is 5.91 Å². The van der Waals surface area contributed by atoms with Crippen molar-refractivity contribution in [3.8, 4) is 0 Å². The number of benzene rings is 1. The van der Waals surface area contributed by atoms with Gasteiger partial charge in [-0.1, -0.05) is 0 Å². The molecule has 1 saturated heterocycles. The minimum absolute atomic E-state index is 0.0253. The third kappa shape index (κ3) is 4.73. The van der Waals surface area contributed by atoms with Crippen molar-refractivity contribution < 1.29 is 26.6 Å². The SMILES string of the molecule is O=C(NC12CCC(C(F)(F)F)(CC1)CC2)c1ccc(F)cc1NSN1CCS(=O)CC1. The van der Waals surface area contributed by atoms with E-state index in [1.54, 1.807) is 0 Å². The summed E-state index contributed by atoms with van der Waals surface area (Å²) >= 11 is 1.23. The van der Waals surface area contributed by atoms with Gasteiger partial charge in [-0.2, -0.15) is 13.2 Å². The van der Waals surface area contributed by atoms with E-state index in [-0.39, 0.29) is 24.8 Å². The van der Waals surface area contributed by atoms with Crippen LogP contribution in [-0.2, 0) is 10.8 Å². The van der Waals surface area contributed by atoms with E-state index in [0.717, 1.165) is 0 Å². The molecule has 11 heteroatoms. The Bertz CT molecular complexity index is 846. The van der Waals surface area contributed by atoms with Crippen molar-refractivity contribution in [3.63, 3.8) is 0 Å². The number of alkyl halides is 3. The van der Waals surface area contributed by atoms with Crippen LogP contribution in [0.15, 0.2) is 18.2 Å². The van der Waals surface area contributed by atoms with Crippen molar-refractivity contribution in [2.24, 2.45) is 5.41 Å². The number of amides is 1. The highest BCUT2D eigenvalue weighted by Crippen LogP contribution is 2.59. The van der Waals surface area contributed by atoms with Crippen molar-refractivity contribution in [1.29, 1.82) is 0 Å². The van der Waals surface area contributed by atoms with Crippen molar-refractivity contribution in [1.82, 2.24) is 9.62 Å². The number of nitrogens with one attached hydrogen (secondary N) is 2. The highest BCUT2D eigenvalue weighted by atomic mass is 32.2. The lowest BCUT2D eigenvalue weighted by atomic mass is 9.57. The molecule has 1 aromatic rings. The Morgan fingerprint density at radius 3 is 2.26 bits per heavy atom. The topological polar surface area (TPSA) is 61.4 Å². The molecule has 3 aliphatic carbocycles. The summed E-state index contributed by atoms with van der Waals surface area (Å²) in [6.07, 6.45) is -3.26. The van der Waals surface area contributed by atoms with Crippen LogP contribution < -0.4 is 10.0 Å². The fraction of sp³-hybridized carbons (Fsp3) is 0.650. The lowest BCUT2D eigenvalue weighted by Gasteiger charge is -2.53. The van der Waals surface area contributed by atoms with E-state index in [2.05, 4.69) is 10.0 Å². The number of fused-ring (bicyclic) bond motifs is 3.